The van der Waals surface area contributed by atoms with Crippen LogP contribution in [-0.2, 0) is 0 Å². The molecule has 0 aliphatic rings. The number of hydrogen-bond donors (Lipinski definition) is 0. The molecule has 0 aliphatic carbocycles. The summed E-state index contributed by atoms with van der Waals surface area (Å²) >= 11 is -2.81. The second-order valence-corrected chi connectivity index (χ2v) is 13.6. The first-order valence-corrected chi connectivity index (χ1v) is 12.1. The van der Waals surface area contributed by atoms with Crippen LogP contribution in [0.1, 0.15) is 0 Å². The normalized spacial score (nSPS) is 10.9. The van der Waals surface area contributed by atoms with Crippen molar-refractivity contribution in [3.8, 4) is 12.3 Å². The molecule has 0 heterocycles. The molecule has 3 aromatic rings. The van der Waals surface area contributed by atoms with Crippen LogP contribution in [0.15, 0.2) is 91.0 Å². The van der Waals surface area contributed by atoms with E-state index in [2.05, 4.69) is 96.9 Å². The van der Waals surface area contributed by atoms with Gasteiger partial charge in [-0.1, -0.05) is 0 Å². The molecule has 0 saturated carbocycles. The summed E-state index contributed by atoms with van der Waals surface area (Å²) in [7, 11) is 0. The molecule has 3 aromatic carbocycles. The Morgan fingerprint density at radius 2 is 0.909 bits per heavy atom. The van der Waals surface area contributed by atoms with E-state index < -0.39 is 13.3 Å². The van der Waals surface area contributed by atoms with Gasteiger partial charge in [0.15, 0.2) is 0 Å². The van der Waals surface area contributed by atoms with Gasteiger partial charge in [-0.05, 0) is 0 Å². The van der Waals surface area contributed by atoms with Crippen LogP contribution in [0.5, 0.6) is 0 Å². The molecule has 22 heavy (non-hydrogen) atoms. The maximum atomic E-state index is 5.82. The molecule has 0 spiro atoms. The zero-order chi connectivity index (χ0) is 15.3. The molecule has 0 aromatic heterocycles. The van der Waals surface area contributed by atoms with Gasteiger partial charge in [0.25, 0.3) is 0 Å². The molecule has 0 unspecified atom stereocenters. The van der Waals surface area contributed by atoms with Crippen molar-refractivity contribution in [1.82, 2.24) is 0 Å². The number of rotatable bonds is 4. The quantitative estimate of drug-likeness (QED) is 0.505. The minimum atomic E-state index is -2.81. The second kappa shape index (κ2) is 6.68. The summed E-state index contributed by atoms with van der Waals surface area (Å²) in [5.41, 5.74) is 0. The van der Waals surface area contributed by atoms with E-state index in [0.29, 0.717) is 0 Å². The molecule has 0 nitrogen and oxygen atoms in total. The number of benzene rings is 3. The van der Waals surface area contributed by atoms with E-state index in [0.717, 1.165) is 5.25 Å². The van der Waals surface area contributed by atoms with E-state index in [-0.39, 0.29) is 0 Å². The van der Waals surface area contributed by atoms with E-state index in [9.17, 15) is 0 Å². The predicted octanol–water partition coefficient (Wildman–Crippen LogP) is 2.79. The Bertz CT molecular complexity index is 659. The van der Waals surface area contributed by atoms with E-state index in [1.54, 1.807) is 0 Å². The summed E-state index contributed by atoms with van der Waals surface area (Å²) in [6.07, 6.45) is 5.82. The molecule has 106 valence electrons. The van der Waals surface area contributed by atoms with Crippen molar-refractivity contribution in [3.63, 3.8) is 0 Å². The SMILES string of the molecule is C#C[CH2][Ge]([c]1ccccc1)([c]1ccccc1)[c]1ccccc1. The van der Waals surface area contributed by atoms with Crippen LogP contribution >= 0.6 is 0 Å². The molecule has 0 atom stereocenters. The zero-order valence-corrected chi connectivity index (χ0v) is 14.5. The Balaban J connectivity index is 2.32. The third kappa shape index (κ3) is 2.61. The zero-order valence-electron chi connectivity index (χ0n) is 12.4. The van der Waals surface area contributed by atoms with Gasteiger partial charge in [-0.25, -0.2) is 0 Å². The van der Waals surface area contributed by atoms with Gasteiger partial charge in [0.05, 0.1) is 0 Å². The third-order valence-corrected chi connectivity index (χ3v) is 14.0. The van der Waals surface area contributed by atoms with Gasteiger partial charge in [0, 0.05) is 0 Å². The van der Waals surface area contributed by atoms with Crippen LogP contribution in [0.2, 0.25) is 5.25 Å². The maximum absolute atomic E-state index is 5.82. The molecule has 0 saturated heterocycles. The van der Waals surface area contributed by atoms with E-state index >= 15 is 0 Å². The first-order chi connectivity index (χ1) is 10.9. The third-order valence-electron chi connectivity index (χ3n) is 4.17. The van der Waals surface area contributed by atoms with Crippen molar-refractivity contribution in [3.05, 3.63) is 91.0 Å². The monoisotopic (exact) mass is 344 g/mol. The molecule has 0 fully saturated rings. The standard InChI is InChI=1S/C21H18Ge/c1-2-18-22(19-12-6-3-7-13-19,20-14-8-4-9-15-20)21-16-10-5-11-17-21/h1,3-17H,18H2. The van der Waals surface area contributed by atoms with Gasteiger partial charge >= 0.3 is 135 Å². The Hall–Kier alpha value is -2.24. The van der Waals surface area contributed by atoms with Gasteiger partial charge in [-0.3, -0.25) is 0 Å². The van der Waals surface area contributed by atoms with Gasteiger partial charge in [-0.2, -0.15) is 0 Å². The Labute approximate surface area is 135 Å². The van der Waals surface area contributed by atoms with E-state index in [4.69, 9.17) is 6.42 Å². The topological polar surface area (TPSA) is 0 Å². The Kier molecular flexibility index (Phi) is 4.46. The fourth-order valence-electron chi connectivity index (χ4n) is 3.13. The first kappa shape index (κ1) is 14.7. The molecular formula is C21H18Ge. The average Bonchev–Trinajstić information content (AvgIpc) is 2.62. The van der Waals surface area contributed by atoms with Crippen molar-refractivity contribution in [2.45, 2.75) is 5.25 Å². The van der Waals surface area contributed by atoms with E-state index in [1.807, 2.05) is 0 Å². The molecule has 3 rings (SSSR count). The van der Waals surface area contributed by atoms with Gasteiger partial charge < -0.3 is 0 Å². The molecule has 0 amide bonds. The molecule has 0 aliphatic heterocycles. The van der Waals surface area contributed by atoms with Crippen LogP contribution in [0, 0.1) is 12.3 Å². The molecule has 0 radical (unpaired) electrons. The molecular weight excluding hydrogens is 325 g/mol. The van der Waals surface area contributed by atoms with E-state index in [1.165, 1.54) is 13.2 Å². The summed E-state index contributed by atoms with van der Waals surface area (Å²) in [6, 6.07) is 32.4. The van der Waals surface area contributed by atoms with Crippen molar-refractivity contribution >= 4 is 26.5 Å². The minimum absolute atomic E-state index is 0.817. The van der Waals surface area contributed by atoms with Crippen LogP contribution in [0.25, 0.3) is 0 Å². The predicted molar refractivity (Wildman–Crippen MR) is 97.6 cm³/mol. The van der Waals surface area contributed by atoms with Crippen LogP contribution < -0.4 is 13.2 Å². The number of hydrogen-bond acceptors (Lipinski definition) is 0. The van der Waals surface area contributed by atoms with Crippen molar-refractivity contribution in [1.29, 1.82) is 0 Å². The van der Waals surface area contributed by atoms with Crippen LogP contribution in [0.4, 0.5) is 0 Å². The fourth-order valence-corrected chi connectivity index (χ4v) is 11.9. The Morgan fingerprint density at radius 1 is 0.591 bits per heavy atom. The average molecular weight is 343 g/mol. The van der Waals surface area contributed by atoms with Gasteiger partial charge in [-0.15, -0.1) is 0 Å². The molecule has 1 heteroatoms. The summed E-state index contributed by atoms with van der Waals surface area (Å²) in [5.74, 6) is 2.99. The summed E-state index contributed by atoms with van der Waals surface area (Å²) in [6.45, 7) is 0. The van der Waals surface area contributed by atoms with Crippen molar-refractivity contribution in [2.24, 2.45) is 0 Å². The molecule has 0 bridgehead atoms. The summed E-state index contributed by atoms with van der Waals surface area (Å²) in [5, 5.41) is 0.817. The van der Waals surface area contributed by atoms with Crippen molar-refractivity contribution < 1.29 is 0 Å². The fraction of sp³-hybridized carbons (Fsp3) is 0.0476. The molecule has 0 N–H and O–H groups in total. The van der Waals surface area contributed by atoms with Crippen molar-refractivity contribution in [2.75, 3.05) is 0 Å². The first-order valence-electron chi connectivity index (χ1n) is 7.48. The van der Waals surface area contributed by atoms with Gasteiger partial charge in [0.1, 0.15) is 0 Å². The summed E-state index contributed by atoms with van der Waals surface area (Å²) < 4.78 is 4.24. The second-order valence-electron chi connectivity index (χ2n) is 5.38. The summed E-state index contributed by atoms with van der Waals surface area (Å²) in [4.78, 5) is 0. The number of terminal acetylenes is 1. The Morgan fingerprint density at radius 3 is 1.18 bits per heavy atom. The van der Waals surface area contributed by atoms with Crippen LogP contribution in [0.3, 0.4) is 0 Å². The van der Waals surface area contributed by atoms with Crippen LogP contribution in [-0.4, -0.2) is 13.3 Å². The van der Waals surface area contributed by atoms with Gasteiger partial charge in [0.2, 0.25) is 0 Å².